The van der Waals surface area contributed by atoms with Crippen LogP contribution in [-0.2, 0) is 9.47 Å². The molecule has 0 aliphatic rings. The van der Waals surface area contributed by atoms with Gasteiger partial charge < -0.3 is 20.1 Å². The molecule has 0 aromatic heterocycles. The van der Waals surface area contributed by atoms with Crippen LogP contribution >= 0.6 is 12.2 Å². The Morgan fingerprint density at radius 3 is 2.00 bits per heavy atom. The van der Waals surface area contributed by atoms with E-state index in [1.54, 1.807) is 26.0 Å². The highest BCUT2D eigenvalue weighted by Crippen LogP contribution is 2.18. The molecule has 1 unspecified atom stereocenters. The first-order valence-corrected chi connectivity index (χ1v) is 9.47. The van der Waals surface area contributed by atoms with E-state index in [0.717, 1.165) is 5.56 Å². The fourth-order valence-electron chi connectivity index (χ4n) is 2.55. The van der Waals surface area contributed by atoms with Crippen LogP contribution in [0, 0.1) is 0 Å². The van der Waals surface area contributed by atoms with E-state index in [0.29, 0.717) is 10.8 Å². The highest BCUT2D eigenvalue weighted by Gasteiger charge is 2.16. The molecule has 0 fully saturated rings. The van der Waals surface area contributed by atoms with Gasteiger partial charge in [0.05, 0.1) is 30.4 Å². The lowest BCUT2D eigenvalue weighted by molar-refractivity contribution is 0.0525. The highest BCUT2D eigenvalue weighted by atomic mass is 32.1. The van der Waals surface area contributed by atoms with Gasteiger partial charge in [0.1, 0.15) is 0 Å². The summed E-state index contributed by atoms with van der Waals surface area (Å²) in [6, 6.07) is 14.5. The third-order valence-corrected chi connectivity index (χ3v) is 4.08. The normalized spacial score (nSPS) is 11.2. The number of benzene rings is 2. The molecule has 0 saturated carbocycles. The number of nitrogens with one attached hydrogen (secondary N) is 2. The average Bonchev–Trinajstić information content (AvgIpc) is 2.68. The first-order valence-electron chi connectivity index (χ1n) is 9.06. The fraction of sp³-hybridized carbons (Fsp3) is 0.286. The molecular weight excluding hydrogens is 376 g/mol. The monoisotopic (exact) mass is 400 g/mol. The van der Waals surface area contributed by atoms with Gasteiger partial charge >= 0.3 is 11.9 Å². The minimum Gasteiger partial charge on any atom is -0.462 e. The summed E-state index contributed by atoms with van der Waals surface area (Å²) in [7, 11) is 0. The van der Waals surface area contributed by atoms with Crippen LogP contribution in [0.15, 0.2) is 48.5 Å². The van der Waals surface area contributed by atoms with Gasteiger partial charge in [0, 0.05) is 5.69 Å². The summed E-state index contributed by atoms with van der Waals surface area (Å²) in [6.07, 6.45) is 0. The van der Waals surface area contributed by atoms with E-state index in [4.69, 9.17) is 21.7 Å². The van der Waals surface area contributed by atoms with Crippen LogP contribution in [0.2, 0.25) is 0 Å². The summed E-state index contributed by atoms with van der Waals surface area (Å²) in [5.41, 5.74) is 2.06. The zero-order valence-corrected chi connectivity index (χ0v) is 17.0. The Balaban J connectivity index is 2.19. The van der Waals surface area contributed by atoms with Crippen molar-refractivity contribution >= 4 is 35.0 Å². The summed E-state index contributed by atoms with van der Waals surface area (Å²) in [5, 5.41) is 6.57. The Labute approximate surface area is 170 Å². The lowest BCUT2D eigenvalue weighted by Gasteiger charge is -2.18. The van der Waals surface area contributed by atoms with Crippen molar-refractivity contribution in [3.8, 4) is 0 Å². The second-order valence-electron chi connectivity index (χ2n) is 5.97. The molecule has 0 aliphatic heterocycles. The van der Waals surface area contributed by atoms with E-state index in [9.17, 15) is 9.59 Å². The lowest BCUT2D eigenvalue weighted by Crippen LogP contribution is -2.31. The van der Waals surface area contributed by atoms with Crippen molar-refractivity contribution in [2.45, 2.75) is 26.8 Å². The first kappa shape index (κ1) is 21.4. The van der Waals surface area contributed by atoms with E-state index < -0.39 is 11.9 Å². The van der Waals surface area contributed by atoms with Crippen LogP contribution in [0.3, 0.4) is 0 Å². The van der Waals surface area contributed by atoms with Crippen LogP contribution in [-0.4, -0.2) is 30.3 Å². The Morgan fingerprint density at radius 2 is 1.50 bits per heavy atom. The molecule has 28 heavy (non-hydrogen) atoms. The van der Waals surface area contributed by atoms with Crippen LogP contribution in [0.1, 0.15) is 53.1 Å². The molecule has 0 amide bonds. The molecule has 2 N–H and O–H groups in total. The molecule has 2 aromatic carbocycles. The topological polar surface area (TPSA) is 76.7 Å². The summed E-state index contributed by atoms with van der Waals surface area (Å²) in [6.45, 7) is 5.90. The Hall–Kier alpha value is -2.93. The quantitative estimate of drug-likeness (QED) is 0.535. The Morgan fingerprint density at radius 1 is 0.964 bits per heavy atom. The molecule has 0 aliphatic carbocycles. The summed E-state index contributed by atoms with van der Waals surface area (Å²) in [5.74, 6) is -1.04. The van der Waals surface area contributed by atoms with E-state index in [-0.39, 0.29) is 30.4 Å². The van der Waals surface area contributed by atoms with E-state index in [2.05, 4.69) is 10.6 Å². The number of esters is 2. The van der Waals surface area contributed by atoms with Crippen molar-refractivity contribution in [2.24, 2.45) is 0 Å². The predicted molar refractivity (Wildman–Crippen MR) is 113 cm³/mol. The molecule has 148 valence electrons. The number of thiocarbonyl (C=S) groups is 1. The third kappa shape index (κ3) is 6.06. The smallest absolute Gasteiger partial charge is 0.338 e. The molecule has 0 radical (unpaired) electrons. The maximum absolute atomic E-state index is 12.1. The second kappa shape index (κ2) is 10.4. The summed E-state index contributed by atoms with van der Waals surface area (Å²) < 4.78 is 10.1. The van der Waals surface area contributed by atoms with Crippen molar-refractivity contribution in [3.05, 3.63) is 65.2 Å². The number of ether oxygens (including phenoxy) is 2. The van der Waals surface area contributed by atoms with Gasteiger partial charge in [-0.2, -0.15) is 0 Å². The summed E-state index contributed by atoms with van der Waals surface area (Å²) >= 11 is 5.38. The minimum absolute atomic E-state index is 0.0148. The highest BCUT2D eigenvalue weighted by molar-refractivity contribution is 7.80. The molecule has 0 heterocycles. The average molecular weight is 401 g/mol. The molecule has 0 bridgehead atoms. The fourth-order valence-corrected chi connectivity index (χ4v) is 2.85. The first-order chi connectivity index (χ1) is 13.4. The van der Waals surface area contributed by atoms with E-state index in [1.807, 2.05) is 37.3 Å². The zero-order chi connectivity index (χ0) is 20.5. The molecule has 2 rings (SSSR count). The van der Waals surface area contributed by atoms with Gasteiger partial charge in [-0.1, -0.05) is 30.3 Å². The molecule has 6 nitrogen and oxygen atoms in total. The van der Waals surface area contributed by atoms with Crippen molar-refractivity contribution in [2.75, 3.05) is 18.5 Å². The SMILES string of the molecule is CCOC(=O)c1cc(NC(=S)NC(C)c2ccccc2)cc(C(=O)OCC)c1. The summed E-state index contributed by atoms with van der Waals surface area (Å²) in [4.78, 5) is 24.3. The molecule has 0 spiro atoms. The molecular formula is C21H24N2O4S. The maximum atomic E-state index is 12.1. The Bertz CT molecular complexity index is 803. The largest absolute Gasteiger partial charge is 0.462 e. The van der Waals surface area contributed by atoms with Gasteiger partial charge in [-0.05, 0) is 56.8 Å². The van der Waals surface area contributed by atoms with Gasteiger partial charge in [-0.3, -0.25) is 0 Å². The Kier molecular flexibility index (Phi) is 7.95. The van der Waals surface area contributed by atoms with Crippen LogP contribution < -0.4 is 10.6 Å². The molecule has 2 aromatic rings. The maximum Gasteiger partial charge on any atom is 0.338 e. The van der Waals surface area contributed by atoms with Crippen LogP contribution in [0.4, 0.5) is 5.69 Å². The second-order valence-corrected chi connectivity index (χ2v) is 6.38. The number of hydrogen-bond acceptors (Lipinski definition) is 5. The van der Waals surface area contributed by atoms with Gasteiger partial charge in [-0.15, -0.1) is 0 Å². The standard InChI is InChI=1S/C21H24N2O4S/c1-4-26-19(24)16-11-17(20(25)27-5-2)13-18(12-16)23-21(28)22-14(3)15-9-7-6-8-10-15/h6-14H,4-5H2,1-3H3,(H2,22,23,28). The van der Waals surface area contributed by atoms with Gasteiger partial charge in [-0.25, -0.2) is 9.59 Å². The van der Waals surface area contributed by atoms with E-state index in [1.165, 1.54) is 6.07 Å². The van der Waals surface area contributed by atoms with Gasteiger partial charge in [0.15, 0.2) is 5.11 Å². The van der Waals surface area contributed by atoms with Crippen LogP contribution in [0.5, 0.6) is 0 Å². The van der Waals surface area contributed by atoms with Crippen LogP contribution in [0.25, 0.3) is 0 Å². The van der Waals surface area contributed by atoms with Gasteiger partial charge in [0.2, 0.25) is 0 Å². The zero-order valence-electron chi connectivity index (χ0n) is 16.2. The predicted octanol–water partition coefficient (Wildman–Crippen LogP) is 4.09. The molecule has 0 saturated heterocycles. The number of anilines is 1. The van der Waals surface area contributed by atoms with Crippen molar-refractivity contribution in [1.82, 2.24) is 5.32 Å². The number of hydrogen-bond donors (Lipinski definition) is 2. The number of rotatable bonds is 7. The molecule has 1 atom stereocenters. The molecule has 7 heteroatoms. The van der Waals surface area contributed by atoms with Gasteiger partial charge in [0.25, 0.3) is 0 Å². The van der Waals surface area contributed by atoms with Crippen molar-refractivity contribution in [1.29, 1.82) is 0 Å². The van der Waals surface area contributed by atoms with Crippen molar-refractivity contribution < 1.29 is 19.1 Å². The van der Waals surface area contributed by atoms with E-state index >= 15 is 0 Å². The third-order valence-electron chi connectivity index (χ3n) is 3.86. The number of carbonyl (C=O) groups excluding carboxylic acids is 2. The lowest BCUT2D eigenvalue weighted by atomic mass is 10.1. The minimum atomic E-state index is -0.520. The van der Waals surface area contributed by atoms with Crippen molar-refractivity contribution in [3.63, 3.8) is 0 Å². The number of carbonyl (C=O) groups is 2.